The molecule has 0 radical (unpaired) electrons. The zero-order valence-electron chi connectivity index (χ0n) is 21.7. The van der Waals surface area contributed by atoms with E-state index in [9.17, 15) is 9.90 Å². The molecule has 1 aliphatic heterocycles. The number of benzene rings is 3. The molecule has 5 aromatic rings. The lowest BCUT2D eigenvalue weighted by atomic mass is 9.93. The normalized spacial score (nSPS) is 14.1. The number of rotatable bonds is 6. The van der Waals surface area contributed by atoms with Gasteiger partial charge in [0, 0.05) is 47.7 Å². The molecule has 0 spiro atoms. The quantitative estimate of drug-likeness (QED) is 0.288. The van der Waals surface area contributed by atoms with Gasteiger partial charge in [0.05, 0.1) is 22.2 Å². The number of carboxylic acids is 1. The fourth-order valence-electron chi connectivity index (χ4n) is 5.23. The van der Waals surface area contributed by atoms with Gasteiger partial charge in [-0.05, 0) is 74.1 Å². The molecular formula is C29H28ClN5O2S. The van der Waals surface area contributed by atoms with E-state index in [4.69, 9.17) is 21.7 Å². The largest absolute Gasteiger partial charge is 0.481 e. The molecule has 1 fully saturated rings. The smallest absolute Gasteiger partial charge is 0.307 e. The van der Waals surface area contributed by atoms with E-state index in [-0.39, 0.29) is 6.42 Å². The zero-order chi connectivity index (χ0) is 26.7. The van der Waals surface area contributed by atoms with Crippen LogP contribution in [0.25, 0.3) is 42.8 Å². The van der Waals surface area contributed by atoms with Gasteiger partial charge in [0.15, 0.2) is 5.82 Å². The van der Waals surface area contributed by atoms with E-state index < -0.39 is 5.97 Å². The molecule has 0 aliphatic carbocycles. The number of halogens is 1. The summed E-state index contributed by atoms with van der Waals surface area (Å²) in [6.07, 6.45) is -0.0538. The topological polar surface area (TPSA) is 74.5 Å². The first-order chi connectivity index (χ1) is 18.2. The highest BCUT2D eigenvalue weighted by molar-refractivity contribution is 7.22. The van der Waals surface area contributed by atoms with Crippen molar-refractivity contribution in [3.63, 3.8) is 0 Å². The van der Waals surface area contributed by atoms with Crippen molar-refractivity contribution in [1.82, 2.24) is 19.7 Å². The van der Waals surface area contributed by atoms with Crippen molar-refractivity contribution >= 4 is 55.8 Å². The van der Waals surface area contributed by atoms with Gasteiger partial charge < -0.3 is 14.9 Å². The van der Waals surface area contributed by atoms with Crippen LogP contribution in [0.4, 0.5) is 5.82 Å². The predicted octanol–water partition coefficient (Wildman–Crippen LogP) is 5.86. The third-order valence-electron chi connectivity index (χ3n) is 7.44. The number of aromatic nitrogens is 3. The van der Waals surface area contributed by atoms with Gasteiger partial charge >= 0.3 is 5.97 Å². The summed E-state index contributed by atoms with van der Waals surface area (Å²) in [5, 5.41) is 17.1. The maximum Gasteiger partial charge on any atom is 0.307 e. The molecule has 0 unspecified atom stereocenters. The minimum absolute atomic E-state index is 0.0538. The monoisotopic (exact) mass is 545 g/mol. The summed E-state index contributed by atoms with van der Waals surface area (Å²) < 4.78 is 2.92. The molecule has 38 heavy (non-hydrogen) atoms. The minimum atomic E-state index is -0.857. The van der Waals surface area contributed by atoms with E-state index >= 15 is 0 Å². The average Bonchev–Trinajstić information content (AvgIpc) is 3.40. The summed E-state index contributed by atoms with van der Waals surface area (Å²) in [6.45, 7) is 3.87. The van der Waals surface area contributed by atoms with E-state index in [1.165, 1.54) is 0 Å². The van der Waals surface area contributed by atoms with Crippen LogP contribution in [-0.2, 0) is 18.3 Å². The molecule has 0 saturated carbocycles. The van der Waals surface area contributed by atoms with Gasteiger partial charge in [-0.15, -0.1) is 11.3 Å². The van der Waals surface area contributed by atoms with Crippen LogP contribution in [0.5, 0.6) is 0 Å². The van der Waals surface area contributed by atoms with Crippen LogP contribution in [0.2, 0.25) is 5.02 Å². The summed E-state index contributed by atoms with van der Waals surface area (Å²) >= 11 is 7.76. The van der Waals surface area contributed by atoms with Crippen LogP contribution >= 0.6 is 22.9 Å². The van der Waals surface area contributed by atoms with Gasteiger partial charge in [0.25, 0.3) is 0 Å². The first kappa shape index (κ1) is 24.9. The van der Waals surface area contributed by atoms with Crippen LogP contribution in [0.15, 0.2) is 48.5 Å². The SMILES string of the molecule is Cc1cc2nc(-c3ccc4c(c3)c(N3CC(N(C)C)C3)nn4C)sc2c(-c2ccc(Cl)cc2)c1CC(=O)O. The Morgan fingerprint density at radius 2 is 1.84 bits per heavy atom. The molecule has 194 valence electrons. The van der Waals surface area contributed by atoms with Crippen LogP contribution in [0.3, 0.4) is 0 Å². The highest BCUT2D eigenvalue weighted by atomic mass is 35.5. The highest BCUT2D eigenvalue weighted by Gasteiger charge is 2.31. The minimum Gasteiger partial charge on any atom is -0.481 e. The van der Waals surface area contributed by atoms with Crippen LogP contribution < -0.4 is 4.90 Å². The summed E-state index contributed by atoms with van der Waals surface area (Å²) in [5.74, 6) is 0.148. The number of fused-ring (bicyclic) bond motifs is 2. The molecule has 2 aromatic heterocycles. The Kier molecular flexibility index (Phi) is 6.13. The number of aliphatic carboxylic acids is 1. The summed E-state index contributed by atoms with van der Waals surface area (Å²) in [5.41, 5.74) is 6.55. The molecule has 3 aromatic carbocycles. The number of nitrogens with zero attached hydrogens (tertiary/aromatic N) is 5. The van der Waals surface area contributed by atoms with Crippen LogP contribution in [-0.4, -0.2) is 64.0 Å². The van der Waals surface area contributed by atoms with Crippen molar-refractivity contribution in [2.45, 2.75) is 19.4 Å². The number of hydrogen-bond donors (Lipinski definition) is 1. The molecule has 1 N–H and O–H groups in total. The van der Waals surface area contributed by atoms with E-state index in [2.05, 4.69) is 42.1 Å². The number of carbonyl (C=O) groups is 1. The molecule has 0 bridgehead atoms. The fraction of sp³-hybridized carbons (Fsp3) is 0.276. The van der Waals surface area contributed by atoms with Crippen LogP contribution in [0, 0.1) is 6.92 Å². The maximum atomic E-state index is 11.8. The number of aryl methyl sites for hydroxylation is 2. The van der Waals surface area contributed by atoms with Gasteiger partial charge in [-0.1, -0.05) is 23.7 Å². The van der Waals surface area contributed by atoms with Crippen molar-refractivity contribution in [2.75, 3.05) is 32.1 Å². The number of thiazole rings is 1. The lowest BCUT2D eigenvalue weighted by molar-refractivity contribution is -0.136. The van der Waals surface area contributed by atoms with Crippen molar-refractivity contribution in [3.8, 4) is 21.7 Å². The van der Waals surface area contributed by atoms with Crippen molar-refractivity contribution in [3.05, 3.63) is 64.7 Å². The van der Waals surface area contributed by atoms with Gasteiger partial charge in [-0.2, -0.15) is 5.10 Å². The Balaban J connectivity index is 1.49. The number of anilines is 1. The Labute approximate surface area is 229 Å². The summed E-state index contributed by atoms with van der Waals surface area (Å²) in [4.78, 5) is 21.4. The third kappa shape index (κ3) is 4.22. The molecular weight excluding hydrogens is 518 g/mol. The second-order valence-electron chi connectivity index (χ2n) is 10.2. The van der Waals surface area contributed by atoms with Gasteiger partial charge in [-0.25, -0.2) is 4.98 Å². The van der Waals surface area contributed by atoms with E-state index in [1.54, 1.807) is 11.3 Å². The highest BCUT2D eigenvalue weighted by Crippen LogP contribution is 2.42. The van der Waals surface area contributed by atoms with E-state index in [0.29, 0.717) is 11.1 Å². The third-order valence-corrected chi connectivity index (χ3v) is 8.83. The molecule has 3 heterocycles. The Morgan fingerprint density at radius 1 is 1.13 bits per heavy atom. The number of likely N-dealkylation sites (N-methyl/N-ethyl adjacent to an activating group) is 1. The Morgan fingerprint density at radius 3 is 2.53 bits per heavy atom. The predicted molar refractivity (Wildman–Crippen MR) is 156 cm³/mol. The first-order valence-electron chi connectivity index (χ1n) is 12.5. The molecule has 0 atom stereocenters. The maximum absolute atomic E-state index is 11.8. The number of carboxylic acid groups (broad SMARTS) is 1. The molecule has 1 saturated heterocycles. The fourth-order valence-corrected chi connectivity index (χ4v) is 6.49. The standard InChI is InChI=1S/C29H28ClN5O2S/c1-16-11-23-27(26(21(16)13-25(36)37)17-5-8-19(30)9-6-17)38-29(31-23)18-7-10-24-22(12-18)28(32-34(24)4)35-14-20(15-35)33(2)3/h5-12,20H,13-15H2,1-4H3,(H,36,37). The van der Waals surface area contributed by atoms with E-state index in [1.807, 2.05) is 49.0 Å². The van der Waals surface area contributed by atoms with Crippen LogP contribution in [0.1, 0.15) is 11.1 Å². The first-order valence-corrected chi connectivity index (χ1v) is 13.7. The van der Waals surface area contributed by atoms with Crippen molar-refractivity contribution in [1.29, 1.82) is 0 Å². The molecule has 9 heteroatoms. The Hall–Kier alpha value is -3.46. The Bertz CT molecular complexity index is 1700. The number of hydrogen-bond acceptors (Lipinski definition) is 6. The summed E-state index contributed by atoms with van der Waals surface area (Å²) in [7, 11) is 6.22. The van der Waals surface area contributed by atoms with Crippen molar-refractivity contribution in [2.24, 2.45) is 7.05 Å². The molecule has 1 aliphatic rings. The molecule has 7 nitrogen and oxygen atoms in total. The second-order valence-corrected chi connectivity index (χ2v) is 11.6. The van der Waals surface area contributed by atoms with E-state index in [0.717, 1.165) is 72.9 Å². The average molecular weight is 546 g/mol. The van der Waals surface area contributed by atoms with Gasteiger partial charge in [0.1, 0.15) is 5.01 Å². The van der Waals surface area contributed by atoms with Gasteiger partial charge in [0.2, 0.25) is 0 Å². The van der Waals surface area contributed by atoms with Crippen molar-refractivity contribution < 1.29 is 9.90 Å². The van der Waals surface area contributed by atoms with Gasteiger partial charge in [-0.3, -0.25) is 9.48 Å². The second kappa shape index (κ2) is 9.38. The summed E-state index contributed by atoms with van der Waals surface area (Å²) in [6, 6.07) is 16.5. The lowest BCUT2D eigenvalue weighted by Gasteiger charge is -2.43. The molecule has 6 rings (SSSR count). The molecule has 0 amide bonds. The lowest BCUT2D eigenvalue weighted by Crippen LogP contribution is -2.57. The zero-order valence-corrected chi connectivity index (χ0v) is 23.3.